The second-order valence-corrected chi connectivity index (χ2v) is 4.59. The first-order valence-corrected chi connectivity index (χ1v) is 6.14. The maximum atomic E-state index is 11.7. The molecule has 0 fully saturated rings. The summed E-state index contributed by atoms with van der Waals surface area (Å²) in [5.41, 5.74) is 1.22. The molecule has 1 aliphatic rings. The number of halogens is 1. The first-order chi connectivity index (χ1) is 8.63. The third kappa shape index (κ3) is 3.59. The summed E-state index contributed by atoms with van der Waals surface area (Å²) in [7, 11) is 0. The lowest BCUT2D eigenvalue weighted by Gasteiger charge is -2.14. The van der Waals surface area contributed by atoms with Crippen LogP contribution in [0, 0.1) is 0 Å². The van der Waals surface area contributed by atoms with Crippen LogP contribution in [0.5, 0.6) is 0 Å². The molecule has 0 aliphatic carbocycles. The smallest absolute Gasteiger partial charge is 0.332 e. The first-order valence-electron chi connectivity index (χ1n) is 5.34. The predicted molar refractivity (Wildman–Crippen MR) is 70.0 cm³/mol. The molecule has 0 aromatic heterocycles. The highest BCUT2D eigenvalue weighted by atomic mass is 79.9. The van der Waals surface area contributed by atoms with Crippen molar-refractivity contribution in [3.8, 4) is 0 Å². The van der Waals surface area contributed by atoms with Crippen molar-refractivity contribution in [1.82, 2.24) is 5.32 Å². The maximum absolute atomic E-state index is 11.7. The van der Waals surface area contributed by atoms with Crippen LogP contribution in [-0.2, 0) is 9.53 Å². The van der Waals surface area contributed by atoms with Gasteiger partial charge in [0, 0.05) is 28.4 Å². The topological polar surface area (TPSA) is 67.4 Å². The highest BCUT2D eigenvalue weighted by Crippen LogP contribution is 2.15. The van der Waals surface area contributed by atoms with Gasteiger partial charge < -0.3 is 15.4 Å². The molecule has 1 aromatic rings. The van der Waals surface area contributed by atoms with Gasteiger partial charge in [0.15, 0.2) is 0 Å². The van der Waals surface area contributed by atoms with Crippen LogP contribution >= 0.6 is 15.9 Å². The van der Waals surface area contributed by atoms with E-state index in [-0.39, 0.29) is 6.03 Å². The zero-order chi connectivity index (χ0) is 13.0. The fourth-order valence-corrected chi connectivity index (χ4v) is 1.89. The van der Waals surface area contributed by atoms with Gasteiger partial charge in [0.25, 0.3) is 0 Å². The Kier molecular flexibility index (Phi) is 3.99. The predicted octanol–water partition coefficient (Wildman–Crippen LogP) is 2.40. The van der Waals surface area contributed by atoms with Gasteiger partial charge in [0.1, 0.15) is 0 Å². The van der Waals surface area contributed by atoms with Crippen LogP contribution < -0.4 is 10.6 Å². The Morgan fingerprint density at radius 2 is 2.17 bits per heavy atom. The Balaban J connectivity index is 1.95. The Morgan fingerprint density at radius 3 is 2.89 bits per heavy atom. The summed E-state index contributed by atoms with van der Waals surface area (Å²) in [5.74, 6) is -0.431. The summed E-state index contributed by atoms with van der Waals surface area (Å²) in [6.07, 6.45) is 1.79. The van der Waals surface area contributed by atoms with E-state index in [1.54, 1.807) is 12.1 Å². The van der Waals surface area contributed by atoms with Crippen LogP contribution in [0.4, 0.5) is 10.5 Å². The fourth-order valence-electron chi connectivity index (χ4n) is 1.49. The molecule has 2 rings (SSSR count). The fraction of sp³-hybridized carbons (Fsp3) is 0.167. The third-order valence-electron chi connectivity index (χ3n) is 2.26. The average Bonchev–Trinajstić information content (AvgIpc) is 2.28. The van der Waals surface area contributed by atoms with Gasteiger partial charge in [0.05, 0.1) is 6.61 Å². The minimum Gasteiger partial charge on any atom is -0.462 e. The van der Waals surface area contributed by atoms with E-state index in [0.717, 1.165) is 4.47 Å². The molecule has 0 saturated carbocycles. The molecule has 1 aromatic carbocycles. The number of amides is 2. The van der Waals surface area contributed by atoms with E-state index in [1.807, 2.05) is 12.1 Å². The minimum atomic E-state index is -0.431. The molecule has 0 spiro atoms. The lowest BCUT2D eigenvalue weighted by molar-refractivity contribution is -0.138. The highest BCUT2D eigenvalue weighted by molar-refractivity contribution is 9.10. The Bertz CT molecular complexity index is 514. The largest absolute Gasteiger partial charge is 0.462 e. The molecule has 1 aliphatic heterocycles. The van der Waals surface area contributed by atoms with E-state index < -0.39 is 5.97 Å². The van der Waals surface area contributed by atoms with E-state index in [4.69, 9.17) is 4.74 Å². The molecule has 1 heterocycles. The number of anilines is 1. The summed E-state index contributed by atoms with van der Waals surface area (Å²) in [4.78, 5) is 22.6. The summed E-state index contributed by atoms with van der Waals surface area (Å²) >= 11 is 3.31. The van der Waals surface area contributed by atoms with E-state index in [9.17, 15) is 9.59 Å². The number of ether oxygens (including phenoxy) is 1. The van der Waals surface area contributed by atoms with Crippen molar-refractivity contribution in [2.45, 2.75) is 6.42 Å². The number of hydrogen-bond acceptors (Lipinski definition) is 3. The number of benzene rings is 1. The van der Waals surface area contributed by atoms with Crippen LogP contribution in [-0.4, -0.2) is 18.6 Å². The summed E-state index contributed by atoms with van der Waals surface area (Å²) in [6, 6.07) is 6.85. The molecule has 5 nitrogen and oxygen atoms in total. The lowest BCUT2D eigenvalue weighted by Crippen LogP contribution is -2.30. The summed E-state index contributed by atoms with van der Waals surface area (Å²) in [6.45, 7) is 0.293. The molecule has 2 N–H and O–H groups in total. The van der Waals surface area contributed by atoms with E-state index in [0.29, 0.717) is 24.4 Å². The van der Waals surface area contributed by atoms with Gasteiger partial charge in [-0.3, -0.25) is 0 Å². The van der Waals surface area contributed by atoms with Crippen molar-refractivity contribution in [1.29, 1.82) is 0 Å². The number of rotatable bonds is 2. The monoisotopic (exact) mass is 310 g/mol. The van der Waals surface area contributed by atoms with E-state index in [2.05, 4.69) is 26.6 Å². The number of carbonyl (C=O) groups excluding carboxylic acids is 2. The Labute approximate surface area is 112 Å². The number of urea groups is 1. The highest BCUT2D eigenvalue weighted by Gasteiger charge is 2.12. The second-order valence-electron chi connectivity index (χ2n) is 3.68. The van der Waals surface area contributed by atoms with Gasteiger partial charge >= 0.3 is 12.0 Å². The zero-order valence-corrected chi connectivity index (χ0v) is 11.0. The quantitative estimate of drug-likeness (QED) is 0.824. The standard InChI is InChI=1S/C12H11BrN2O3/c13-8-2-1-3-9(6-8)14-12(17)15-10-4-5-18-11(16)7-10/h1-3,6-7H,4-5H2,(H2,14,15,17). The van der Waals surface area contributed by atoms with Gasteiger partial charge in [-0.2, -0.15) is 0 Å². The maximum Gasteiger partial charge on any atom is 0.332 e. The molecule has 0 unspecified atom stereocenters. The molecule has 18 heavy (non-hydrogen) atoms. The Hall–Kier alpha value is -1.82. The summed E-state index contributed by atoms with van der Waals surface area (Å²) < 4.78 is 5.61. The average molecular weight is 311 g/mol. The van der Waals surface area contributed by atoms with Crippen LogP contribution in [0.2, 0.25) is 0 Å². The van der Waals surface area contributed by atoms with Crippen molar-refractivity contribution in [2.24, 2.45) is 0 Å². The molecule has 0 saturated heterocycles. The van der Waals surface area contributed by atoms with Crippen LogP contribution in [0.25, 0.3) is 0 Å². The molecule has 94 valence electrons. The normalized spacial score (nSPS) is 14.5. The van der Waals surface area contributed by atoms with Crippen molar-refractivity contribution < 1.29 is 14.3 Å². The van der Waals surface area contributed by atoms with Gasteiger partial charge in [-0.15, -0.1) is 0 Å². The molecule has 0 radical (unpaired) electrons. The number of esters is 1. The molecule has 6 heteroatoms. The van der Waals surface area contributed by atoms with Crippen molar-refractivity contribution in [3.05, 3.63) is 40.5 Å². The molecule has 0 bridgehead atoms. The van der Waals surface area contributed by atoms with Crippen LogP contribution in [0.15, 0.2) is 40.5 Å². The van der Waals surface area contributed by atoms with Crippen molar-refractivity contribution in [2.75, 3.05) is 11.9 Å². The van der Waals surface area contributed by atoms with E-state index >= 15 is 0 Å². The molecule has 2 amide bonds. The molecular weight excluding hydrogens is 300 g/mol. The van der Waals surface area contributed by atoms with Crippen LogP contribution in [0.1, 0.15) is 6.42 Å². The number of carbonyl (C=O) groups is 2. The SMILES string of the molecule is O=C(NC1=CC(=O)OCC1)Nc1cccc(Br)c1. The third-order valence-corrected chi connectivity index (χ3v) is 2.76. The second kappa shape index (κ2) is 5.68. The molecule has 0 atom stereocenters. The zero-order valence-electron chi connectivity index (χ0n) is 9.40. The van der Waals surface area contributed by atoms with Crippen molar-refractivity contribution >= 4 is 33.6 Å². The van der Waals surface area contributed by atoms with Crippen molar-refractivity contribution in [3.63, 3.8) is 0 Å². The first kappa shape index (κ1) is 12.6. The van der Waals surface area contributed by atoms with Gasteiger partial charge in [0.2, 0.25) is 0 Å². The number of hydrogen-bond donors (Lipinski definition) is 2. The lowest BCUT2D eigenvalue weighted by atomic mass is 10.2. The van der Waals surface area contributed by atoms with E-state index in [1.165, 1.54) is 6.08 Å². The number of nitrogens with one attached hydrogen (secondary N) is 2. The minimum absolute atomic E-state index is 0.293. The van der Waals surface area contributed by atoms with Crippen LogP contribution in [0.3, 0.4) is 0 Å². The molecular formula is C12H11BrN2O3. The number of cyclic esters (lactones) is 1. The summed E-state index contributed by atoms with van der Waals surface area (Å²) in [5, 5.41) is 5.28. The van der Waals surface area contributed by atoms with Gasteiger partial charge in [-0.25, -0.2) is 9.59 Å². The Morgan fingerprint density at radius 1 is 1.33 bits per heavy atom. The van der Waals surface area contributed by atoms with Gasteiger partial charge in [-0.1, -0.05) is 22.0 Å². The van der Waals surface area contributed by atoms with Gasteiger partial charge in [-0.05, 0) is 18.2 Å².